The maximum atomic E-state index is 13.0. The highest BCUT2D eigenvalue weighted by Gasteiger charge is 2.27. The summed E-state index contributed by atoms with van der Waals surface area (Å²) in [6.07, 6.45) is 5.08. The second-order valence-electron chi connectivity index (χ2n) is 9.57. The average molecular weight is 489 g/mol. The van der Waals surface area contributed by atoms with Gasteiger partial charge >= 0.3 is 0 Å². The largest absolute Gasteiger partial charge is 0.493 e. The van der Waals surface area contributed by atoms with Gasteiger partial charge in [-0.25, -0.2) is 4.98 Å². The zero-order valence-electron chi connectivity index (χ0n) is 22.0. The second-order valence-corrected chi connectivity index (χ2v) is 9.57. The van der Waals surface area contributed by atoms with E-state index in [0.717, 1.165) is 25.7 Å². The van der Waals surface area contributed by atoms with Crippen LogP contribution in [0.1, 0.15) is 60.3 Å². The summed E-state index contributed by atoms with van der Waals surface area (Å²) in [5.74, 6) is 0.790. The fourth-order valence-corrected chi connectivity index (χ4v) is 3.91. The number of amides is 2. The maximum absolute atomic E-state index is 13.0. The molecule has 9 nitrogen and oxygen atoms in total. The number of carbonyl (C=O) groups excluding carboxylic acids is 2. The van der Waals surface area contributed by atoms with Crippen LogP contribution in [0.2, 0.25) is 0 Å². The molecular weight excluding hydrogens is 448 g/mol. The van der Waals surface area contributed by atoms with Gasteiger partial charge in [0.1, 0.15) is 12.6 Å². The first-order chi connectivity index (χ1) is 16.6. The van der Waals surface area contributed by atoms with Gasteiger partial charge in [-0.05, 0) is 31.2 Å². The first-order valence-electron chi connectivity index (χ1n) is 12.3. The molecule has 1 heterocycles. The van der Waals surface area contributed by atoms with E-state index >= 15 is 0 Å². The predicted octanol–water partition coefficient (Wildman–Crippen LogP) is 3.28. The minimum atomic E-state index is -0.687. The maximum Gasteiger partial charge on any atom is 0.261 e. The molecule has 2 amide bonds. The number of fused-ring (bicyclic) bond motifs is 1. The van der Waals surface area contributed by atoms with E-state index in [-0.39, 0.29) is 30.0 Å². The van der Waals surface area contributed by atoms with E-state index in [9.17, 15) is 14.4 Å². The van der Waals surface area contributed by atoms with Gasteiger partial charge in [0.15, 0.2) is 11.5 Å². The summed E-state index contributed by atoms with van der Waals surface area (Å²) in [4.78, 5) is 43.1. The molecule has 0 saturated carbocycles. The van der Waals surface area contributed by atoms with Gasteiger partial charge < -0.3 is 20.1 Å². The molecule has 2 N–H and O–H groups in total. The van der Waals surface area contributed by atoms with Crippen LogP contribution in [0.15, 0.2) is 23.3 Å². The summed E-state index contributed by atoms with van der Waals surface area (Å²) in [6, 6.07) is 2.50. The van der Waals surface area contributed by atoms with Gasteiger partial charge in [-0.3, -0.25) is 19.0 Å². The molecule has 0 fully saturated rings. The van der Waals surface area contributed by atoms with Crippen LogP contribution in [0.3, 0.4) is 0 Å². The van der Waals surface area contributed by atoms with E-state index in [1.54, 1.807) is 12.1 Å². The molecule has 2 rings (SSSR count). The van der Waals surface area contributed by atoms with E-state index in [2.05, 4.69) is 29.5 Å². The zero-order chi connectivity index (χ0) is 26.1. The highest BCUT2D eigenvalue weighted by molar-refractivity contribution is 5.88. The van der Waals surface area contributed by atoms with Crippen LogP contribution < -0.4 is 25.7 Å². The molecule has 3 atom stereocenters. The van der Waals surface area contributed by atoms with Crippen molar-refractivity contribution in [1.82, 2.24) is 20.2 Å². The van der Waals surface area contributed by atoms with Gasteiger partial charge in [0.05, 0.1) is 31.4 Å². The second kappa shape index (κ2) is 13.1. The number of rotatable bonds is 13. The van der Waals surface area contributed by atoms with Gasteiger partial charge in [0.2, 0.25) is 11.8 Å². The third kappa shape index (κ3) is 7.70. The van der Waals surface area contributed by atoms with Gasteiger partial charge in [-0.2, -0.15) is 0 Å². The summed E-state index contributed by atoms with van der Waals surface area (Å²) in [5, 5.41) is 6.18. The van der Waals surface area contributed by atoms with Crippen LogP contribution in [0.25, 0.3) is 10.9 Å². The number of ether oxygens (including phenoxy) is 2. The molecule has 0 saturated heterocycles. The molecule has 0 radical (unpaired) electrons. The Bertz CT molecular complexity index is 1070. The van der Waals surface area contributed by atoms with E-state index in [4.69, 9.17) is 9.47 Å². The molecule has 0 spiro atoms. The van der Waals surface area contributed by atoms with Crippen molar-refractivity contribution in [1.29, 1.82) is 0 Å². The molecule has 9 heteroatoms. The van der Waals surface area contributed by atoms with Crippen LogP contribution >= 0.6 is 0 Å². The van der Waals surface area contributed by atoms with Crippen LogP contribution in [0, 0.1) is 11.8 Å². The Hall–Kier alpha value is -3.10. The van der Waals surface area contributed by atoms with Gasteiger partial charge in [-0.15, -0.1) is 0 Å². The Morgan fingerprint density at radius 2 is 1.69 bits per heavy atom. The number of nitrogens with zero attached hydrogens (tertiary/aromatic N) is 2. The normalized spacial score (nSPS) is 13.8. The predicted molar refractivity (Wildman–Crippen MR) is 137 cm³/mol. The van der Waals surface area contributed by atoms with Crippen LogP contribution in [0.4, 0.5) is 0 Å². The fourth-order valence-electron chi connectivity index (χ4n) is 3.91. The van der Waals surface area contributed by atoms with Crippen molar-refractivity contribution in [3.05, 3.63) is 28.8 Å². The van der Waals surface area contributed by atoms with Crippen molar-refractivity contribution in [2.75, 3.05) is 14.2 Å². The van der Waals surface area contributed by atoms with Crippen LogP contribution in [0.5, 0.6) is 11.5 Å². The summed E-state index contributed by atoms with van der Waals surface area (Å²) < 4.78 is 11.8. The minimum absolute atomic E-state index is 0.0176. The van der Waals surface area contributed by atoms with E-state index < -0.39 is 11.9 Å². The zero-order valence-corrected chi connectivity index (χ0v) is 22.0. The number of benzene rings is 1. The lowest BCUT2D eigenvalue weighted by Gasteiger charge is -2.25. The summed E-state index contributed by atoms with van der Waals surface area (Å²) in [7, 11) is 2.99. The van der Waals surface area contributed by atoms with E-state index in [1.165, 1.54) is 25.1 Å². The number of carbonyl (C=O) groups is 2. The van der Waals surface area contributed by atoms with E-state index in [1.807, 2.05) is 20.8 Å². The molecule has 0 bridgehead atoms. The standard InChI is InChI=1S/C26H40N4O5/c1-8-17(4)24(25(32)28-18(5)11-9-10-16(2)3)29-23(31)14-30-15-27-20-13-22(35-7)21(34-6)12-19(20)26(30)33/h12-13,15-18,24H,8-11,14H2,1-7H3,(H,28,32)(H,29,31)/t17-,18-,24+/m1/s1. The van der Waals surface area contributed by atoms with Gasteiger partial charge in [-0.1, -0.05) is 47.0 Å². The van der Waals surface area contributed by atoms with Crippen molar-refractivity contribution in [3.8, 4) is 11.5 Å². The number of aromatic nitrogens is 2. The third-order valence-corrected chi connectivity index (χ3v) is 6.26. The Morgan fingerprint density at radius 3 is 2.29 bits per heavy atom. The Morgan fingerprint density at radius 1 is 1.03 bits per heavy atom. The van der Waals surface area contributed by atoms with Crippen molar-refractivity contribution in [3.63, 3.8) is 0 Å². The Balaban J connectivity index is 2.14. The molecule has 0 aliphatic carbocycles. The first kappa shape index (κ1) is 28.1. The molecule has 1 aromatic heterocycles. The van der Waals surface area contributed by atoms with E-state index in [0.29, 0.717) is 28.3 Å². The monoisotopic (exact) mass is 488 g/mol. The van der Waals surface area contributed by atoms with Crippen molar-refractivity contribution in [2.45, 2.75) is 78.9 Å². The first-order valence-corrected chi connectivity index (χ1v) is 12.3. The Kier molecular flexibility index (Phi) is 10.5. The lowest BCUT2D eigenvalue weighted by atomic mass is 9.97. The Labute approximate surface area is 207 Å². The van der Waals surface area contributed by atoms with Gasteiger partial charge in [0.25, 0.3) is 5.56 Å². The van der Waals surface area contributed by atoms with Crippen molar-refractivity contribution in [2.24, 2.45) is 11.8 Å². The number of hydrogen-bond acceptors (Lipinski definition) is 6. The lowest BCUT2D eigenvalue weighted by molar-refractivity contribution is -0.131. The molecule has 0 aliphatic heterocycles. The molecule has 194 valence electrons. The molecule has 0 aliphatic rings. The number of methoxy groups -OCH3 is 2. The average Bonchev–Trinajstić information content (AvgIpc) is 2.82. The molecule has 2 aromatic rings. The summed E-state index contributed by atoms with van der Waals surface area (Å²) in [6.45, 7) is 10.0. The highest BCUT2D eigenvalue weighted by atomic mass is 16.5. The molecular formula is C26H40N4O5. The minimum Gasteiger partial charge on any atom is -0.493 e. The van der Waals surface area contributed by atoms with Crippen molar-refractivity contribution < 1.29 is 19.1 Å². The number of hydrogen-bond donors (Lipinski definition) is 2. The lowest BCUT2D eigenvalue weighted by Crippen LogP contribution is -2.53. The number of nitrogens with one attached hydrogen (secondary N) is 2. The summed E-state index contributed by atoms with van der Waals surface area (Å²) >= 11 is 0. The SMILES string of the molecule is CC[C@@H](C)[C@H](NC(=O)Cn1cnc2cc(OC)c(OC)cc2c1=O)C(=O)N[C@H](C)CCCC(C)C. The van der Waals surface area contributed by atoms with Crippen molar-refractivity contribution >= 4 is 22.7 Å². The smallest absolute Gasteiger partial charge is 0.261 e. The van der Waals surface area contributed by atoms with Crippen LogP contribution in [-0.2, 0) is 16.1 Å². The molecule has 1 aromatic carbocycles. The highest BCUT2D eigenvalue weighted by Crippen LogP contribution is 2.29. The molecule has 35 heavy (non-hydrogen) atoms. The fraction of sp³-hybridized carbons (Fsp3) is 0.615. The molecule has 0 unspecified atom stereocenters. The van der Waals surface area contributed by atoms with Crippen LogP contribution in [-0.4, -0.2) is 47.7 Å². The van der Waals surface area contributed by atoms with Gasteiger partial charge in [0, 0.05) is 12.1 Å². The topological polar surface area (TPSA) is 112 Å². The third-order valence-electron chi connectivity index (χ3n) is 6.26. The summed E-state index contributed by atoms with van der Waals surface area (Å²) in [5.41, 5.74) is 0.0574. The quantitative estimate of drug-likeness (QED) is 0.448.